The van der Waals surface area contributed by atoms with Crippen molar-refractivity contribution >= 4 is 27.8 Å². The van der Waals surface area contributed by atoms with E-state index in [1.54, 1.807) is 0 Å². The molecule has 0 unspecified atom stereocenters. The van der Waals surface area contributed by atoms with Crippen molar-refractivity contribution in [3.8, 4) is 22.3 Å². The molecule has 0 aliphatic carbocycles. The summed E-state index contributed by atoms with van der Waals surface area (Å²) in [5.41, 5.74) is 8.22. The number of rotatable bonds is 5. The maximum atomic E-state index is 4.93. The number of aryl methyl sites for hydroxylation is 1. The summed E-state index contributed by atoms with van der Waals surface area (Å²) in [4.78, 5) is 0. The normalized spacial score (nSPS) is 10.7. The maximum absolute atomic E-state index is 4.93. The van der Waals surface area contributed by atoms with Crippen LogP contribution >= 0.6 is 17.0 Å². The van der Waals surface area contributed by atoms with Gasteiger partial charge in [-0.1, -0.05) is 92.9 Å². The molecule has 0 spiro atoms. The van der Waals surface area contributed by atoms with E-state index in [0.717, 1.165) is 6.42 Å². The molecule has 0 aliphatic heterocycles. The van der Waals surface area contributed by atoms with Crippen LogP contribution in [-0.2, 0) is 27.3 Å². The number of benzene rings is 3. The summed E-state index contributed by atoms with van der Waals surface area (Å²) in [6.45, 7) is 6.85. The van der Waals surface area contributed by atoms with Crippen molar-refractivity contribution in [3.05, 3.63) is 90.0 Å². The van der Waals surface area contributed by atoms with Crippen LogP contribution in [0.25, 0.3) is 33.0 Å². The molecule has 0 aliphatic rings. The molecule has 0 nitrogen and oxygen atoms in total. The second-order valence-electron chi connectivity index (χ2n) is 7.78. The molecule has 0 saturated heterocycles. The fraction of sp³-hybridized carbons (Fsp3) is 0.222. The van der Waals surface area contributed by atoms with Crippen LogP contribution < -0.4 is 0 Å². The Kier molecular flexibility index (Phi) is 8.88. The predicted octanol–water partition coefficient (Wildman–Crippen LogP) is 9.35. The predicted molar refractivity (Wildman–Crippen MR) is 130 cm³/mol. The van der Waals surface area contributed by atoms with Crippen molar-refractivity contribution in [3.63, 3.8) is 0 Å². The van der Waals surface area contributed by atoms with Gasteiger partial charge in [0.1, 0.15) is 0 Å². The van der Waals surface area contributed by atoms with E-state index < -0.39 is 20.8 Å². The molecule has 0 radical (unpaired) electrons. The monoisotopic (exact) mass is 511 g/mol. The molecule has 4 rings (SSSR count). The Labute approximate surface area is 199 Å². The van der Waals surface area contributed by atoms with Crippen LogP contribution in [0.1, 0.15) is 44.2 Å². The number of hydrogen-bond acceptors (Lipinski definition) is 0. The molecule has 30 heavy (non-hydrogen) atoms. The number of hydrogen-bond donors (Lipinski definition) is 0. The number of fused-ring (bicyclic) bond motifs is 1. The number of halogens is 2. The second kappa shape index (κ2) is 11.4. The molecule has 3 heteroatoms. The van der Waals surface area contributed by atoms with Crippen molar-refractivity contribution in [2.75, 3.05) is 0 Å². The molecular formula is C27H27Cl2Zr-. The third-order valence-electron chi connectivity index (χ3n) is 5.42. The van der Waals surface area contributed by atoms with Gasteiger partial charge in [0.25, 0.3) is 0 Å². The van der Waals surface area contributed by atoms with Crippen molar-refractivity contribution < 1.29 is 20.8 Å². The molecule has 0 saturated carbocycles. The van der Waals surface area contributed by atoms with Crippen molar-refractivity contribution in [2.45, 2.75) is 39.5 Å². The zero-order valence-corrected chi connectivity index (χ0v) is 21.7. The van der Waals surface area contributed by atoms with Crippen molar-refractivity contribution in [2.24, 2.45) is 0 Å². The summed E-state index contributed by atoms with van der Waals surface area (Å²) in [5, 5.41) is 2.76. The first kappa shape index (κ1) is 23.4. The van der Waals surface area contributed by atoms with Crippen LogP contribution in [0.3, 0.4) is 0 Å². The van der Waals surface area contributed by atoms with Gasteiger partial charge in [-0.2, -0.15) is 6.07 Å². The van der Waals surface area contributed by atoms with Gasteiger partial charge in [0, 0.05) is 0 Å². The van der Waals surface area contributed by atoms with E-state index in [9.17, 15) is 0 Å². The van der Waals surface area contributed by atoms with Crippen LogP contribution in [0.2, 0.25) is 0 Å². The zero-order valence-electron chi connectivity index (χ0n) is 17.8. The van der Waals surface area contributed by atoms with E-state index in [4.69, 9.17) is 17.0 Å². The van der Waals surface area contributed by atoms with Crippen LogP contribution in [0.15, 0.2) is 78.9 Å². The Morgan fingerprint density at radius 1 is 0.867 bits per heavy atom. The fourth-order valence-electron chi connectivity index (χ4n) is 4.15. The topological polar surface area (TPSA) is 0 Å². The first-order chi connectivity index (χ1) is 14.6. The Morgan fingerprint density at radius 3 is 2.13 bits per heavy atom. The molecule has 0 atom stereocenters. The Balaban J connectivity index is 0.000000806. The molecule has 4 aromatic carbocycles. The van der Waals surface area contributed by atoms with E-state index >= 15 is 0 Å². The molecule has 0 bridgehead atoms. The summed E-state index contributed by atoms with van der Waals surface area (Å²) in [5.74, 6) is 0.484. The van der Waals surface area contributed by atoms with Gasteiger partial charge in [-0.05, 0) is 29.0 Å². The molecule has 0 aromatic heterocycles. The fourth-order valence-corrected chi connectivity index (χ4v) is 4.15. The molecular weight excluding hydrogens is 486 g/mol. The standard InChI is InChI=1S/C27H27.2ClH.Zr/c1-4-10-20-17-22-15-16-23(19(2)3)27(26(22)18-20)25-14-9-8-13-24(25)21-11-6-5-7-12-21;;;/h5-9,11-19H,4,10H2,1-3H3;2*1H;/q-1;;;+2/p-2. The third-order valence-corrected chi connectivity index (χ3v) is 5.42. The molecule has 0 fully saturated rings. The Bertz CT molecular complexity index is 1080. The molecule has 154 valence electrons. The summed E-state index contributed by atoms with van der Waals surface area (Å²) < 4.78 is 0. The van der Waals surface area contributed by atoms with Gasteiger partial charge in [0.15, 0.2) is 0 Å². The van der Waals surface area contributed by atoms with Gasteiger partial charge >= 0.3 is 37.9 Å². The van der Waals surface area contributed by atoms with E-state index in [2.05, 4.69) is 99.6 Å². The zero-order chi connectivity index (χ0) is 21.5. The van der Waals surface area contributed by atoms with Gasteiger partial charge in [-0.25, -0.2) is 0 Å². The van der Waals surface area contributed by atoms with Crippen molar-refractivity contribution in [1.82, 2.24) is 0 Å². The average molecular weight is 514 g/mol. The van der Waals surface area contributed by atoms with E-state index in [0.29, 0.717) is 5.92 Å². The molecule has 0 amide bonds. The third kappa shape index (κ3) is 5.31. The average Bonchev–Trinajstić information content (AvgIpc) is 3.17. The first-order valence-corrected chi connectivity index (χ1v) is 16.8. The van der Waals surface area contributed by atoms with Gasteiger partial charge in [0.05, 0.1) is 0 Å². The van der Waals surface area contributed by atoms with Crippen molar-refractivity contribution in [1.29, 1.82) is 0 Å². The minimum atomic E-state index is -0.826. The first-order valence-electron chi connectivity index (χ1n) is 10.4. The van der Waals surface area contributed by atoms with E-state index in [1.165, 1.54) is 50.6 Å². The van der Waals surface area contributed by atoms with E-state index in [1.807, 2.05) is 0 Å². The molecule has 0 heterocycles. The van der Waals surface area contributed by atoms with Gasteiger partial charge < -0.3 is 0 Å². The summed E-state index contributed by atoms with van der Waals surface area (Å²) in [7, 11) is 9.87. The van der Waals surface area contributed by atoms with Gasteiger partial charge in [-0.3, -0.25) is 0 Å². The molecule has 4 aromatic rings. The quantitative estimate of drug-likeness (QED) is 0.233. The van der Waals surface area contributed by atoms with Gasteiger partial charge in [0.2, 0.25) is 0 Å². The summed E-state index contributed by atoms with van der Waals surface area (Å²) in [6.07, 6.45) is 2.33. The Hall–Kier alpha value is -1.27. The summed E-state index contributed by atoms with van der Waals surface area (Å²) >= 11 is -0.826. The molecule has 0 N–H and O–H groups in total. The van der Waals surface area contributed by atoms with Gasteiger partial charge in [-0.15, -0.1) is 34.5 Å². The van der Waals surface area contributed by atoms with Crippen LogP contribution in [0.5, 0.6) is 0 Å². The Morgan fingerprint density at radius 2 is 1.50 bits per heavy atom. The SMILES string of the molecule is CCCc1cc2c(-c3ccccc3-c3ccccc3)c(C(C)C)ccc2[cH-]1.[Cl][Zr][Cl]. The van der Waals surface area contributed by atoms with Crippen LogP contribution in [0.4, 0.5) is 0 Å². The minimum absolute atomic E-state index is 0.484. The van der Waals surface area contributed by atoms with E-state index in [-0.39, 0.29) is 0 Å². The van der Waals surface area contributed by atoms with Crippen LogP contribution in [0, 0.1) is 0 Å². The summed E-state index contributed by atoms with van der Waals surface area (Å²) in [6, 6.07) is 29.0. The second-order valence-corrected chi connectivity index (χ2v) is 11.5. The van der Waals surface area contributed by atoms with Crippen LogP contribution in [-0.4, -0.2) is 0 Å².